The molecule has 0 aromatic heterocycles. The Morgan fingerprint density at radius 3 is 2.00 bits per heavy atom. The zero-order chi connectivity index (χ0) is 22.4. The fourth-order valence-corrected chi connectivity index (χ4v) is 4.01. The highest BCUT2D eigenvalue weighted by atomic mass is 32.2. The normalized spacial score (nSPS) is 10.9. The molecule has 0 spiro atoms. The van der Waals surface area contributed by atoms with Crippen LogP contribution in [0, 0.1) is 13.8 Å². The third-order valence-electron chi connectivity index (χ3n) is 4.36. The number of ether oxygens (including phenoxy) is 2. The lowest BCUT2D eigenvalue weighted by Gasteiger charge is -2.11. The van der Waals surface area contributed by atoms with Crippen molar-refractivity contribution in [3.05, 3.63) is 77.9 Å². The molecule has 0 radical (unpaired) electrons. The summed E-state index contributed by atoms with van der Waals surface area (Å²) in [5.74, 6) is 0.911. The number of benzene rings is 3. The van der Waals surface area contributed by atoms with Gasteiger partial charge in [0.05, 0.1) is 12.0 Å². The van der Waals surface area contributed by atoms with Gasteiger partial charge in [0.2, 0.25) is 0 Å². The first-order valence-corrected chi connectivity index (χ1v) is 11.0. The second-order valence-corrected chi connectivity index (χ2v) is 8.70. The monoisotopic (exact) mass is 440 g/mol. The van der Waals surface area contributed by atoms with E-state index in [4.69, 9.17) is 9.47 Å². The number of amides is 1. The van der Waals surface area contributed by atoms with Crippen LogP contribution in [0.25, 0.3) is 0 Å². The number of anilines is 2. The zero-order valence-corrected chi connectivity index (χ0v) is 18.3. The SMILES string of the molecule is COc1ccc(NS(=O)(=O)c2ccc(NC(=O)COc3cc(C)cc(C)c3)cc2)cc1. The second-order valence-electron chi connectivity index (χ2n) is 7.02. The minimum atomic E-state index is -3.76. The maximum atomic E-state index is 12.6. The van der Waals surface area contributed by atoms with Gasteiger partial charge in [0.25, 0.3) is 15.9 Å². The van der Waals surface area contributed by atoms with E-state index in [0.717, 1.165) is 11.1 Å². The largest absolute Gasteiger partial charge is 0.497 e. The van der Waals surface area contributed by atoms with Gasteiger partial charge < -0.3 is 14.8 Å². The summed E-state index contributed by atoms with van der Waals surface area (Å²) < 4.78 is 38.2. The van der Waals surface area contributed by atoms with E-state index in [1.165, 1.54) is 31.4 Å². The third-order valence-corrected chi connectivity index (χ3v) is 5.75. The smallest absolute Gasteiger partial charge is 0.262 e. The Kier molecular flexibility index (Phi) is 6.81. The molecule has 0 heterocycles. The van der Waals surface area contributed by atoms with Crippen LogP contribution in [0.4, 0.5) is 11.4 Å². The lowest BCUT2D eigenvalue weighted by molar-refractivity contribution is -0.118. The van der Waals surface area contributed by atoms with Gasteiger partial charge in [-0.15, -0.1) is 0 Å². The van der Waals surface area contributed by atoms with Crippen molar-refractivity contribution in [1.29, 1.82) is 0 Å². The fourth-order valence-electron chi connectivity index (χ4n) is 2.95. The standard InChI is InChI=1S/C23H24N2O5S/c1-16-12-17(2)14-21(13-16)30-15-23(26)24-18-6-10-22(11-7-18)31(27,28)25-19-4-8-20(29-3)9-5-19/h4-14,25H,15H2,1-3H3,(H,24,26). The first-order valence-electron chi connectivity index (χ1n) is 9.53. The number of nitrogens with one attached hydrogen (secondary N) is 2. The van der Waals surface area contributed by atoms with E-state index in [-0.39, 0.29) is 17.4 Å². The van der Waals surface area contributed by atoms with E-state index >= 15 is 0 Å². The highest BCUT2D eigenvalue weighted by Gasteiger charge is 2.14. The van der Waals surface area contributed by atoms with E-state index in [1.54, 1.807) is 24.3 Å². The van der Waals surface area contributed by atoms with Crippen LogP contribution in [0.1, 0.15) is 11.1 Å². The Morgan fingerprint density at radius 2 is 1.42 bits per heavy atom. The number of hydrogen-bond acceptors (Lipinski definition) is 5. The Bertz CT molecular complexity index is 1140. The van der Waals surface area contributed by atoms with Gasteiger partial charge in [-0.2, -0.15) is 0 Å². The van der Waals surface area contributed by atoms with Gasteiger partial charge >= 0.3 is 0 Å². The summed E-state index contributed by atoms with van der Waals surface area (Å²) in [7, 11) is -2.22. The Hall–Kier alpha value is -3.52. The molecule has 7 nitrogen and oxygen atoms in total. The van der Waals surface area contributed by atoms with E-state index in [9.17, 15) is 13.2 Å². The van der Waals surface area contributed by atoms with Gasteiger partial charge in [0, 0.05) is 11.4 Å². The number of rotatable bonds is 8. The van der Waals surface area contributed by atoms with E-state index in [2.05, 4.69) is 10.0 Å². The molecule has 1 amide bonds. The first-order chi connectivity index (χ1) is 14.7. The van der Waals surface area contributed by atoms with Gasteiger partial charge in [-0.1, -0.05) is 6.07 Å². The van der Waals surface area contributed by atoms with Crippen molar-refractivity contribution in [2.45, 2.75) is 18.7 Å². The lowest BCUT2D eigenvalue weighted by Crippen LogP contribution is -2.20. The molecule has 0 aliphatic carbocycles. The van der Waals surface area contributed by atoms with Crippen molar-refractivity contribution in [2.75, 3.05) is 23.8 Å². The van der Waals surface area contributed by atoms with Crippen LogP contribution in [0.3, 0.4) is 0 Å². The van der Waals surface area contributed by atoms with Gasteiger partial charge in [-0.05, 0) is 85.6 Å². The number of carbonyl (C=O) groups excluding carboxylic acids is 1. The minimum absolute atomic E-state index is 0.0767. The van der Waals surface area contributed by atoms with Crippen molar-refractivity contribution in [3.8, 4) is 11.5 Å². The molecule has 0 saturated carbocycles. The maximum Gasteiger partial charge on any atom is 0.262 e. The fraction of sp³-hybridized carbons (Fsp3) is 0.174. The zero-order valence-electron chi connectivity index (χ0n) is 17.5. The van der Waals surface area contributed by atoms with Crippen LogP contribution in [0.2, 0.25) is 0 Å². The molecular weight excluding hydrogens is 416 g/mol. The molecule has 8 heteroatoms. The van der Waals surface area contributed by atoms with Crippen LogP contribution in [-0.4, -0.2) is 28.0 Å². The predicted octanol–water partition coefficient (Wildman–Crippen LogP) is 4.13. The number of sulfonamides is 1. The summed E-state index contributed by atoms with van der Waals surface area (Å²) in [4.78, 5) is 12.2. The molecule has 0 aliphatic rings. The molecule has 2 N–H and O–H groups in total. The molecule has 3 aromatic rings. The maximum absolute atomic E-state index is 12.6. The highest BCUT2D eigenvalue weighted by Crippen LogP contribution is 2.21. The molecule has 31 heavy (non-hydrogen) atoms. The quantitative estimate of drug-likeness (QED) is 0.549. The molecule has 0 fully saturated rings. The summed E-state index contributed by atoms with van der Waals surface area (Å²) in [6, 6.07) is 18.2. The molecule has 3 rings (SSSR count). The molecule has 0 atom stereocenters. The van der Waals surface area contributed by atoms with Crippen molar-refractivity contribution in [1.82, 2.24) is 0 Å². The molecule has 3 aromatic carbocycles. The van der Waals surface area contributed by atoms with Crippen LogP contribution in [-0.2, 0) is 14.8 Å². The molecular formula is C23H24N2O5S. The summed E-state index contributed by atoms with van der Waals surface area (Å²) >= 11 is 0. The topological polar surface area (TPSA) is 93.7 Å². The van der Waals surface area contributed by atoms with E-state index in [1.807, 2.05) is 32.0 Å². The molecule has 0 bridgehead atoms. The van der Waals surface area contributed by atoms with Crippen molar-refractivity contribution in [3.63, 3.8) is 0 Å². The lowest BCUT2D eigenvalue weighted by atomic mass is 10.1. The average molecular weight is 441 g/mol. The number of aryl methyl sites for hydroxylation is 2. The number of carbonyl (C=O) groups is 1. The van der Waals surface area contributed by atoms with Crippen molar-refractivity contribution in [2.24, 2.45) is 0 Å². The Balaban J connectivity index is 1.58. The number of hydrogen-bond donors (Lipinski definition) is 2. The van der Waals surface area contributed by atoms with Crippen molar-refractivity contribution < 1.29 is 22.7 Å². The Morgan fingerprint density at radius 1 is 0.839 bits per heavy atom. The third kappa shape index (κ3) is 6.23. The molecule has 0 aliphatic heterocycles. The Labute approximate surface area is 182 Å². The second kappa shape index (κ2) is 9.53. The van der Waals surface area contributed by atoms with Gasteiger partial charge in [0.1, 0.15) is 11.5 Å². The van der Waals surface area contributed by atoms with Crippen LogP contribution < -0.4 is 19.5 Å². The minimum Gasteiger partial charge on any atom is -0.497 e. The molecule has 0 unspecified atom stereocenters. The van der Waals surface area contributed by atoms with Crippen molar-refractivity contribution >= 4 is 27.3 Å². The van der Waals surface area contributed by atoms with Gasteiger partial charge in [-0.25, -0.2) is 8.42 Å². The molecule has 0 saturated heterocycles. The summed E-state index contributed by atoms with van der Waals surface area (Å²) in [5.41, 5.74) is 2.99. The van der Waals surface area contributed by atoms with Crippen LogP contribution in [0.15, 0.2) is 71.6 Å². The first kappa shape index (κ1) is 22.2. The summed E-state index contributed by atoms with van der Waals surface area (Å²) in [5, 5.41) is 2.69. The van der Waals surface area contributed by atoms with E-state index < -0.39 is 10.0 Å². The van der Waals surface area contributed by atoms with E-state index in [0.29, 0.717) is 22.9 Å². The van der Waals surface area contributed by atoms with Gasteiger partial charge in [0.15, 0.2) is 6.61 Å². The van der Waals surface area contributed by atoms with Crippen LogP contribution >= 0.6 is 0 Å². The predicted molar refractivity (Wildman–Crippen MR) is 120 cm³/mol. The highest BCUT2D eigenvalue weighted by molar-refractivity contribution is 7.92. The number of methoxy groups -OCH3 is 1. The average Bonchev–Trinajstić information content (AvgIpc) is 2.72. The van der Waals surface area contributed by atoms with Gasteiger partial charge in [-0.3, -0.25) is 9.52 Å². The molecule has 162 valence electrons. The summed E-state index contributed by atoms with van der Waals surface area (Å²) in [6.07, 6.45) is 0. The van der Waals surface area contributed by atoms with Crippen LogP contribution in [0.5, 0.6) is 11.5 Å². The summed E-state index contributed by atoms with van der Waals surface area (Å²) in [6.45, 7) is 3.76.